The van der Waals surface area contributed by atoms with Gasteiger partial charge in [-0.25, -0.2) is 13.1 Å². The van der Waals surface area contributed by atoms with Crippen molar-refractivity contribution in [1.29, 1.82) is 0 Å². The van der Waals surface area contributed by atoms with Gasteiger partial charge in [-0.1, -0.05) is 13.3 Å². The van der Waals surface area contributed by atoms with Gasteiger partial charge in [-0.15, -0.1) is 11.3 Å². The molecule has 3 N–H and O–H groups in total. The minimum atomic E-state index is -3.39. The lowest BCUT2D eigenvalue weighted by Crippen LogP contribution is -2.30. The van der Waals surface area contributed by atoms with E-state index in [1.807, 2.05) is 0 Å². The fraction of sp³-hybridized carbons (Fsp3) is 0.667. The van der Waals surface area contributed by atoms with E-state index in [1.165, 1.54) is 11.3 Å². The largest absolute Gasteiger partial charge is 0.326 e. The molecule has 0 saturated heterocycles. The molecule has 4 nitrogen and oxygen atoms in total. The minimum absolute atomic E-state index is 0.223. The molecule has 1 fully saturated rings. The molecule has 2 rings (SSSR count). The van der Waals surface area contributed by atoms with Crippen LogP contribution in [0.5, 0.6) is 0 Å². The molecule has 1 aromatic rings. The van der Waals surface area contributed by atoms with E-state index in [0.29, 0.717) is 11.4 Å². The summed E-state index contributed by atoms with van der Waals surface area (Å²) >= 11 is 1.39. The summed E-state index contributed by atoms with van der Waals surface area (Å²) in [7, 11) is -3.39. The van der Waals surface area contributed by atoms with E-state index in [2.05, 4.69) is 11.6 Å². The summed E-state index contributed by atoms with van der Waals surface area (Å²) in [5.41, 5.74) is 5.77. The Balaban J connectivity index is 2.04. The van der Waals surface area contributed by atoms with Gasteiger partial charge in [-0.2, -0.15) is 0 Å². The molecule has 1 aromatic heterocycles. The molecule has 0 aliphatic heterocycles. The van der Waals surface area contributed by atoms with Gasteiger partial charge in [-0.05, 0) is 36.1 Å². The quantitative estimate of drug-likeness (QED) is 0.806. The summed E-state index contributed by atoms with van der Waals surface area (Å²) in [6.07, 6.45) is 4.48. The molecule has 1 heterocycles. The minimum Gasteiger partial charge on any atom is -0.326 e. The van der Waals surface area contributed by atoms with Gasteiger partial charge in [0.1, 0.15) is 0 Å². The molecule has 0 radical (unpaired) electrons. The van der Waals surface area contributed by atoms with Crippen LogP contribution in [0, 0.1) is 5.41 Å². The predicted octanol–water partition coefficient (Wildman–Crippen LogP) is 2.07. The topological polar surface area (TPSA) is 72.2 Å². The maximum absolute atomic E-state index is 12.2. The van der Waals surface area contributed by atoms with Gasteiger partial charge in [0.25, 0.3) is 0 Å². The van der Waals surface area contributed by atoms with Crippen molar-refractivity contribution < 1.29 is 8.42 Å². The van der Waals surface area contributed by atoms with Crippen LogP contribution in [0.15, 0.2) is 16.3 Å². The Hall–Kier alpha value is -0.430. The fourth-order valence-electron chi connectivity index (χ4n) is 2.27. The van der Waals surface area contributed by atoms with Crippen molar-refractivity contribution in [1.82, 2.24) is 4.72 Å². The van der Waals surface area contributed by atoms with E-state index in [9.17, 15) is 8.42 Å². The monoisotopic (exact) mass is 288 g/mol. The average molecular weight is 288 g/mol. The zero-order valence-corrected chi connectivity index (χ0v) is 12.2. The molecular weight excluding hydrogens is 268 g/mol. The number of rotatable bonds is 7. The van der Waals surface area contributed by atoms with Crippen LogP contribution < -0.4 is 10.5 Å². The lowest BCUT2D eigenvalue weighted by atomic mass is 10.0. The summed E-state index contributed by atoms with van der Waals surface area (Å²) in [4.78, 5) is 1.07. The molecule has 1 aliphatic carbocycles. The number of nitrogens with two attached hydrogens (primary N) is 1. The van der Waals surface area contributed by atoms with Crippen molar-refractivity contribution >= 4 is 21.4 Å². The van der Waals surface area contributed by atoms with Crippen LogP contribution in [0.4, 0.5) is 0 Å². The summed E-state index contributed by atoms with van der Waals surface area (Å²) < 4.78 is 27.1. The summed E-state index contributed by atoms with van der Waals surface area (Å²) in [5, 5.41) is 1.77. The maximum Gasteiger partial charge on any atom is 0.241 e. The van der Waals surface area contributed by atoms with Gasteiger partial charge < -0.3 is 5.73 Å². The van der Waals surface area contributed by atoms with Gasteiger partial charge >= 0.3 is 0 Å². The number of thiophene rings is 1. The van der Waals surface area contributed by atoms with Crippen molar-refractivity contribution in [3.8, 4) is 0 Å². The van der Waals surface area contributed by atoms with Crippen LogP contribution in [-0.2, 0) is 16.6 Å². The zero-order valence-electron chi connectivity index (χ0n) is 10.6. The molecule has 0 aromatic carbocycles. The highest BCUT2D eigenvalue weighted by molar-refractivity contribution is 7.89. The van der Waals surface area contributed by atoms with Crippen molar-refractivity contribution in [2.75, 3.05) is 6.54 Å². The lowest BCUT2D eigenvalue weighted by molar-refractivity contribution is 0.449. The Kier molecular flexibility index (Phi) is 4.11. The summed E-state index contributed by atoms with van der Waals surface area (Å²) in [6, 6.07) is 1.63. The Morgan fingerprint density at radius 2 is 2.22 bits per heavy atom. The molecule has 18 heavy (non-hydrogen) atoms. The summed E-state index contributed by atoms with van der Waals surface area (Å²) in [5.74, 6) is 0. The standard InChI is InChI=1S/C12H20N2O2S2/c1-2-4-12(5-6-12)9-14-18(15,16)11-3-7-17-10(11)8-13/h3,7,14H,2,4-6,8-9,13H2,1H3. The highest BCUT2D eigenvalue weighted by atomic mass is 32.2. The van der Waals surface area contributed by atoms with Gasteiger partial charge in [0.05, 0.1) is 4.90 Å². The Bertz CT molecular complexity index is 504. The number of sulfonamides is 1. The third kappa shape index (κ3) is 2.93. The van der Waals surface area contributed by atoms with Gasteiger partial charge in [-0.3, -0.25) is 0 Å². The van der Waals surface area contributed by atoms with E-state index >= 15 is 0 Å². The van der Waals surface area contributed by atoms with E-state index in [1.54, 1.807) is 11.4 Å². The van der Waals surface area contributed by atoms with Crippen LogP contribution in [0.1, 0.15) is 37.5 Å². The zero-order chi connectivity index (χ0) is 13.2. The number of hydrogen-bond donors (Lipinski definition) is 2. The normalized spacial score (nSPS) is 17.9. The van der Waals surface area contributed by atoms with Crippen LogP contribution in [0.3, 0.4) is 0 Å². The number of hydrogen-bond acceptors (Lipinski definition) is 4. The Morgan fingerprint density at radius 1 is 1.50 bits per heavy atom. The van der Waals surface area contributed by atoms with Crippen molar-refractivity contribution in [2.45, 2.75) is 44.0 Å². The second kappa shape index (κ2) is 5.28. The molecule has 6 heteroatoms. The second-order valence-electron chi connectivity index (χ2n) is 4.99. The van der Waals surface area contributed by atoms with Crippen molar-refractivity contribution in [3.05, 3.63) is 16.3 Å². The Morgan fingerprint density at radius 3 is 2.78 bits per heavy atom. The number of nitrogens with one attached hydrogen (secondary N) is 1. The molecule has 1 aliphatic rings. The fourth-order valence-corrected chi connectivity index (χ4v) is 4.76. The first-order valence-electron chi connectivity index (χ1n) is 6.29. The smallest absolute Gasteiger partial charge is 0.241 e. The van der Waals surface area contributed by atoms with Crippen molar-refractivity contribution in [3.63, 3.8) is 0 Å². The van der Waals surface area contributed by atoms with E-state index in [-0.39, 0.29) is 12.0 Å². The van der Waals surface area contributed by atoms with Crippen LogP contribution in [0.2, 0.25) is 0 Å². The molecule has 0 amide bonds. The van der Waals surface area contributed by atoms with E-state index < -0.39 is 10.0 Å². The van der Waals surface area contributed by atoms with Gasteiger partial charge in [0, 0.05) is 18.0 Å². The van der Waals surface area contributed by atoms with Crippen molar-refractivity contribution in [2.24, 2.45) is 11.1 Å². The molecule has 0 unspecified atom stereocenters. The average Bonchev–Trinajstić information content (AvgIpc) is 2.93. The van der Waals surface area contributed by atoms with Crippen LogP contribution in [0.25, 0.3) is 0 Å². The second-order valence-corrected chi connectivity index (χ2v) is 7.72. The molecular formula is C12H20N2O2S2. The molecule has 0 bridgehead atoms. The predicted molar refractivity (Wildman–Crippen MR) is 74.0 cm³/mol. The van der Waals surface area contributed by atoms with Gasteiger partial charge in [0.15, 0.2) is 0 Å². The Labute approximate surface area is 113 Å². The first-order valence-corrected chi connectivity index (χ1v) is 8.65. The molecule has 0 spiro atoms. The SMILES string of the molecule is CCCC1(CNS(=O)(=O)c2ccsc2CN)CC1. The highest BCUT2D eigenvalue weighted by Crippen LogP contribution is 2.49. The van der Waals surface area contributed by atoms with Crippen LogP contribution in [-0.4, -0.2) is 15.0 Å². The van der Waals surface area contributed by atoms with E-state index in [0.717, 1.165) is 30.6 Å². The van der Waals surface area contributed by atoms with Gasteiger partial charge in [0.2, 0.25) is 10.0 Å². The molecule has 102 valence electrons. The summed E-state index contributed by atoms with van der Waals surface area (Å²) in [6.45, 7) is 2.97. The lowest BCUT2D eigenvalue weighted by Gasteiger charge is -2.15. The third-order valence-corrected chi connectivity index (χ3v) is 6.11. The third-order valence-electron chi connectivity index (χ3n) is 3.55. The first-order chi connectivity index (χ1) is 8.53. The molecule has 0 atom stereocenters. The first kappa shape index (κ1) is 14.0. The maximum atomic E-state index is 12.2. The van der Waals surface area contributed by atoms with Crippen LogP contribution >= 0.6 is 11.3 Å². The van der Waals surface area contributed by atoms with E-state index in [4.69, 9.17) is 5.73 Å². The molecule has 1 saturated carbocycles. The highest BCUT2D eigenvalue weighted by Gasteiger charge is 2.42.